The summed E-state index contributed by atoms with van der Waals surface area (Å²) in [6.45, 7) is 4.01. The average Bonchev–Trinajstić information content (AvgIpc) is 2.74. The highest BCUT2D eigenvalue weighted by Crippen LogP contribution is 2.22. The van der Waals surface area contributed by atoms with Gasteiger partial charge in [0.25, 0.3) is 5.56 Å². The van der Waals surface area contributed by atoms with Gasteiger partial charge in [0.15, 0.2) is 10.1 Å². The lowest BCUT2D eigenvalue weighted by Crippen LogP contribution is -2.20. The number of hydrogen-bond donors (Lipinski definition) is 2. The summed E-state index contributed by atoms with van der Waals surface area (Å²) in [6.07, 6.45) is 1.02. The molecule has 0 aliphatic heterocycles. The molecule has 0 saturated carbocycles. The molecule has 0 spiro atoms. The van der Waals surface area contributed by atoms with Gasteiger partial charge >= 0.3 is 0 Å². The van der Waals surface area contributed by atoms with Crippen LogP contribution in [0.4, 0.5) is 5.69 Å². The van der Waals surface area contributed by atoms with Gasteiger partial charge in [0.05, 0.1) is 16.8 Å². The summed E-state index contributed by atoms with van der Waals surface area (Å²) >= 11 is 6.79. The van der Waals surface area contributed by atoms with Gasteiger partial charge < -0.3 is 10.3 Å². The van der Waals surface area contributed by atoms with Crippen LogP contribution in [0.2, 0.25) is 5.02 Å². The minimum atomic E-state index is -4.01. The Labute approximate surface area is 189 Å². The van der Waals surface area contributed by atoms with E-state index in [1.807, 2.05) is 13.8 Å². The number of halogens is 1. The summed E-state index contributed by atoms with van der Waals surface area (Å²) in [6, 6.07) is 13.0. The highest BCUT2D eigenvalue weighted by Gasteiger charge is 2.22. The Morgan fingerprint density at radius 3 is 2.35 bits per heavy atom. The van der Waals surface area contributed by atoms with Crippen LogP contribution >= 0.6 is 23.4 Å². The zero-order valence-electron chi connectivity index (χ0n) is 16.8. The maximum atomic E-state index is 12.8. The number of thioether (sulfide) groups is 1. The van der Waals surface area contributed by atoms with Gasteiger partial charge in [-0.15, -0.1) is 0 Å². The fourth-order valence-electron chi connectivity index (χ4n) is 2.65. The molecular weight excluding hydrogens is 458 g/mol. The first-order valence-corrected chi connectivity index (χ1v) is 12.1. The van der Waals surface area contributed by atoms with Gasteiger partial charge in [-0.25, -0.2) is 13.4 Å². The number of amides is 1. The molecule has 2 aromatic carbocycles. The van der Waals surface area contributed by atoms with E-state index in [0.29, 0.717) is 10.7 Å². The van der Waals surface area contributed by atoms with Gasteiger partial charge in [-0.2, -0.15) is 0 Å². The van der Waals surface area contributed by atoms with Crippen LogP contribution in [0.5, 0.6) is 0 Å². The van der Waals surface area contributed by atoms with Crippen molar-refractivity contribution >= 4 is 44.8 Å². The van der Waals surface area contributed by atoms with E-state index in [9.17, 15) is 18.0 Å². The first-order chi connectivity index (χ1) is 14.7. The molecule has 1 heterocycles. The fraction of sp³-hybridized carbons (Fsp3) is 0.190. The van der Waals surface area contributed by atoms with Crippen LogP contribution < -0.4 is 10.9 Å². The molecule has 10 heteroatoms. The zero-order chi connectivity index (χ0) is 22.6. The third-order valence-corrected chi connectivity index (χ3v) is 7.26. The molecule has 0 saturated heterocycles. The number of benzene rings is 2. The van der Waals surface area contributed by atoms with Gasteiger partial charge in [-0.3, -0.25) is 9.59 Å². The van der Waals surface area contributed by atoms with E-state index in [1.165, 1.54) is 12.1 Å². The number of sulfone groups is 1. The van der Waals surface area contributed by atoms with Crippen molar-refractivity contribution in [2.24, 2.45) is 0 Å². The number of nitrogens with zero attached hydrogens (tertiary/aromatic N) is 1. The van der Waals surface area contributed by atoms with Gasteiger partial charge in [0.2, 0.25) is 15.7 Å². The van der Waals surface area contributed by atoms with Crippen molar-refractivity contribution in [2.75, 3.05) is 11.1 Å². The van der Waals surface area contributed by atoms with Gasteiger partial charge in [-0.05, 0) is 47.9 Å². The van der Waals surface area contributed by atoms with Crippen molar-refractivity contribution in [3.63, 3.8) is 0 Å². The smallest absolute Gasteiger partial charge is 0.270 e. The lowest BCUT2D eigenvalue weighted by atomic mass is 10.0. The molecule has 162 valence electrons. The molecule has 0 bridgehead atoms. The number of hydrogen-bond acceptors (Lipinski definition) is 6. The van der Waals surface area contributed by atoms with E-state index in [1.54, 1.807) is 36.4 Å². The van der Waals surface area contributed by atoms with Crippen LogP contribution in [-0.4, -0.2) is 30.0 Å². The highest BCUT2D eigenvalue weighted by molar-refractivity contribution is 7.99. The number of aromatic nitrogens is 2. The standard InChI is InChI=1S/C21H20ClN3O4S2/c1-13(2)14-3-9-17(10-4-14)31(28,29)18-11-23-21(25-20(18)27)30-12-19(26)24-16-7-5-15(22)6-8-16/h3-11,13H,12H2,1-2H3,(H,24,26)(H,23,25,27). The number of rotatable bonds is 7. The Bertz CT molecular complexity index is 1240. The van der Waals surface area contributed by atoms with Crippen LogP contribution in [-0.2, 0) is 14.6 Å². The topological polar surface area (TPSA) is 109 Å². The molecule has 2 N–H and O–H groups in total. The van der Waals surface area contributed by atoms with Crippen molar-refractivity contribution in [1.82, 2.24) is 9.97 Å². The Hall–Kier alpha value is -2.62. The minimum absolute atomic E-state index is 0.0195. The first-order valence-electron chi connectivity index (χ1n) is 9.29. The highest BCUT2D eigenvalue weighted by atomic mass is 35.5. The predicted molar refractivity (Wildman–Crippen MR) is 122 cm³/mol. The molecule has 3 rings (SSSR count). The fourth-order valence-corrected chi connectivity index (χ4v) is 4.65. The molecule has 7 nitrogen and oxygen atoms in total. The second-order valence-corrected chi connectivity index (χ2v) is 10.3. The number of aromatic amines is 1. The van der Waals surface area contributed by atoms with Crippen molar-refractivity contribution in [3.05, 3.63) is 75.7 Å². The summed E-state index contributed by atoms with van der Waals surface area (Å²) < 4.78 is 25.6. The third-order valence-electron chi connectivity index (χ3n) is 4.36. The Morgan fingerprint density at radius 2 is 1.77 bits per heavy atom. The molecule has 1 aromatic heterocycles. The summed E-state index contributed by atoms with van der Waals surface area (Å²) in [5, 5.41) is 3.39. The van der Waals surface area contributed by atoms with Crippen molar-refractivity contribution < 1.29 is 13.2 Å². The molecule has 31 heavy (non-hydrogen) atoms. The average molecular weight is 478 g/mol. The largest absolute Gasteiger partial charge is 0.325 e. The number of carbonyl (C=O) groups excluding carboxylic acids is 1. The molecule has 3 aromatic rings. The van der Waals surface area contributed by atoms with E-state index in [0.717, 1.165) is 23.5 Å². The van der Waals surface area contributed by atoms with Crippen LogP contribution in [0.15, 0.2) is 74.5 Å². The monoisotopic (exact) mass is 477 g/mol. The normalized spacial score (nSPS) is 11.5. The Balaban J connectivity index is 1.69. The SMILES string of the molecule is CC(C)c1ccc(S(=O)(=O)c2cnc(SCC(=O)Nc3ccc(Cl)cc3)[nH]c2=O)cc1. The maximum Gasteiger partial charge on any atom is 0.270 e. The van der Waals surface area contributed by atoms with E-state index in [4.69, 9.17) is 11.6 Å². The molecular formula is C21H20ClN3O4S2. The molecule has 0 atom stereocenters. The summed E-state index contributed by atoms with van der Waals surface area (Å²) in [5.74, 6) is -0.0687. The minimum Gasteiger partial charge on any atom is -0.325 e. The van der Waals surface area contributed by atoms with Gasteiger partial charge in [0, 0.05) is 10.7 Å². The van der Waals surface area contributed by atoms with Gasteiger partial charge in [-0.1, -0.05) is 49.3 Å². The first kappa shape index (κ1) is 23.1. The van der Waals surface area contributed by atoms with E-state index < -0.39 is 20.3 Å². The molecule has 0 unspecified atom stereocenters. The Kier molecular flexibility index (Phi) is 7.19. The molecule has 1 amide bonds. The Morgan fingerprint density at radius 1 is 1.13 bits per heavy atom. The van der Waals surface area contributed by atoms with Crippen LogP contribution in [0.3, 0.4) is 0 Å². The second kappa shape index (κ2) is 9.67. The van der Waals surface area contributed by atoms with Crippen molar-refractivity contribution in [2.45, 2.75) is 34.7 Å². The molecule has 0 radical (unpaired) electrons. The maximum absolute atomic E-state index is 12.8. The summed E-state index contributed by atoms with van der Waals surface area (Å²) in [5.41, 5.74) is 0.791. The van der Waals surface area contributed by atoms with E-state index in [-0.39, 0.29) is 27.6 Å². The second-order valence-electron chi connectivity index (χ2n) is 6.95. The predicted octanol–water partition coefficient (Wildman–Crippen LogP) is 4.11. The van der Waals surface area contributed by atoms with Crippen LogP contribution in [0, 0.1) is 0 Å². The summed E-state index contributed by atoms with van der Waals surface area (Å²) in [7, 11) is -4.01. The van der Waals surface area contributed by atoms with E-state index in [2.05, 4.69) is 15.3 Å². The van der Waals surface area contributed by atoms with Crippen molar-refractivity contribution in [3.8, 4) is 0 Å². The van der Waals surface area contributed by atoms with Crippen LogP contribution in [0.25, 0.3) is 0 Å². The quantitative estimate of drug-likeness (QED) is 0.391. The summed E-state index contributed by atoms with van der Waals surface area (Å²) in [4.78, 5) is 30.5. The van der Waals surface area contributed by atoms with Gasteiger partial charge in [0.1, 0.15) is 0 Å². The third kappa shape index (κ3) is 5.75. The number of anilines is 1. The lowest BCUT2D eigenvalue weighted by Gasteiger charge is -2.08. The number of nitrogens with one attached hydrogen (secondary N) is 2. The lowest BCUT2D eigenvalue weighted by molar-refractivity contribution is -0.113. The number of carbonyl (C=O) groups is 1. The van der Waals surface area contributed by atoms with Crippen LogP contribution in [0.1, 0.15) is 25.3 Å². The molecule has 0 aliphatic carbocycles. The molecule has 0 aliphatic rings. The van der Waals surface area contributed by atoms with E-state index >= 15 is 0 Å². The van der Waals surface area contributed by atoms with Crippen molar-refractivity contribution in [1.29, 1.82) is 0 Å². The molecule has 0 fully saturated rings. The number of H-pyrrole nitrogens is 1. The zero-order valence-corrected chi connectivity index (χ0v) is 19.1.